The molecule has 1 aliphatic rings. The summed E-state index contributed by atoms with van der Waals surface area (Å²) >= 11 is 8.12. The van der Waals surface area contributed by atoms with Crippen molar-refractivity contribution in [3.63, 3.8) is 0 Å². The fourth-order valence-electron chi connectivity index (χ4n) is 2.23. The number of hydrogen-bond acceptors (Lipinski definition) is 3. The Morgan fingerprint density at radius 3 is 2.76 bits per heavy atom. The summed E-state index contributed by atoms with van der Waals surface area (Å²) < 4.78 is 6.00. The van der Waals surface area contributed by atoms with E-state index in [1.807, 2.05) is 23.5 Å². The van der Waals surface area contributed by atoms with Crippen LogP contribution in [0.15, 0.2) is 30.3 Å². The van der Waals surface area contributed by atoms with Gasteiger partial charge < -0.3 is 10.1 Å². The van der Waals surface area contributed by atoms with Gasteiger partial charge in [-0.05, 0) is 37.5 Å². The summed E-state index contributed by atoms with van der Waals surface area (Å²) in [5.74, 6) is 0.818. The molecule has 0 amide bonds. The van der Waals surface area contributed by atoms with Crippen molar-refractivity contribution in [2.24, 2.45) is 0 Å². The lowest BCUT2D eigenvalue weighted by molar-refractivity contribution is 0.306. The summed E-state index contributed by atoms with van der Waals surface area (Å²) in [6.45, 7) is 3.59. The third-order valence-corrected chi connectivity index (χ3v) is 5.13. The van der Waals surface area contributed by atoms with Crippen molar-refractivity contribution in [3.8, 4) is 5.75 Å². The van der Waals surface area contributed by atoms with Gasteiger partial charge in [0.05, 0.1) is 5.02 Å². The van der Waals surface area contributed by atoms with Crippen LogP contribution in [0.25, 0.3) is 0 Å². The van der Waals surface area contributed by atoms with E-state index in [2.05, 4.69) is 30.4 Å². The number of hydrogen-bond donors (Lipinski definition) is 1. The lowest BCUT2D eigenvalue weighted by atomic mass is 10.2. The maximum atomic E-state index is 6.31. The topological polar surface area (TPSA) is 21.3 Å². The van der Waals surface area contributed by atoms with Crippen LogP contribution in [0.5, 0.6) is 5.75 Å². The van der Waals surface area contributed by atoms with Gasteiger partial charge in [0.2, 0.25) is 0 Å². The minimum absolute atomic E-state index is 0.588. The molecular weight excluding hydrogens is 302 g/mol. The van der Waals surface area contributed by atoms with E-state index in [4.69, 9.17) is 16.3 Å². The zero-order chi connectivity index (χ0) is 14.7. The first-order valence-corrected chi connectivity index (χ1v) is 8.67. The van der Waals surface area contributed by atoms with Gasteiger partial charge >= 0.3 is 0 Å². The molecule has 1 fully saturated rings. The minimum Gasteiger partial charge on any atom is -0.486 e. The van der Waals surface area contributed by atoms with Crippen LogP contribution in [0.4, 0.5) is 0 Å². The molecule has 1 aromatic heterocycles. The highest BCUT2D eigenvalue weighted by molar-refractivity contribution is 7.11. The fourth-order valence-corrected chi connectivity index (χ4v) is 3.35. The van der Waals surface area contributed by atoms with Crippen molar-refractivity contribution >= 4 is 22.9 Å². The Kier molecular flexibility index (Phi) is 4.84. The second kappa shape index (κ2) is 6.82. The Bertz CT molecular complexity index is 607. The molecule has 0 aliphatic heterocycles. The van der Waals surface area contributed by atoms with Gasteiger partial charge in [-0.25, -0.2) is 0 Å². The van der Waals surface area contributed by atoms with E-state index in [9.17, 15) is 0 Å². The molecule has 1 heterocycles. The van der Waals surface area contributed by atoms with Gasteiger partial charge in [-0.15, -0.1) is 11.3 Å². The average Bonchev–Trinajstić information content (AvgIpc) is 3.21. The maximum absolute atomic E-state index is 6.31. The van der Waals surface area contributed by atoms with Crippen molar-refractivity contribution in [1.29, 1.82) is 0 Å². The smallest absolute Gasteiger partial charge is 0.142 e. The Morgan fingerprint density at radius 2 is 2.05 bits per heavy atom. The van der Waals surface area contributed by atoms with E-state index < -0.39 is 0 Å². The van der Waals surface area contributed by atoms with Crippen LogP contribution in [0.2, 0.25) is 5.02 Å². The number of nitrogens with one attached hydrogen (secondary N) is 1. The first-order chi connectivity index (χ1) is 10.3. The number of aryl methyl sites for hydroxylation is 1. The number of para-hydroxylation sites is 1. The molecule has 0 atom stereocenters. The standard InChI is InChI=1S/C17H20ClNOS/c1-2-14-8-9-15(21-14)11-20-17-12(4-3-5-16(17)18)10-19-13-6-7-13/h3-5,8-9,13,19H,2,6-7,10-11H2,1H3. The quantitative estimate of drug-likeness (QED) is 0.791. The van der Waals surface area contributed by atoms with Crippen LogP contribution in [-0.4, -0.2) is 6.04 Å². The van der Waals surface area contributed by atoms with E-state index in [1.165, 1.54) is 22.6 Å². The van der Waals surface area contributed by atoms with E-state index >= 15 is 0 Å². The molecule has 0 radical (unpaired) electrons. The highest BCUT2D eigenvalue weighted by atomic mass is 35.5. The zero-order valence-electron chi connectivity index (χ0n) is 12.2. The molecule has 2 aromatic rings. The summed E-state index contributed by atoms with van der Waals surface area (Å²) in [5.41, 5.74) is 1.14. The molecular formula is C17H20ClNOS. The van der Waals surface area contributed by atoms with Crippen molar-refractivity contribution in [2.45, 2.75) is 45.4 Å². The molecule has 21 heavy (non-hydrogen) atoms. The summed E-state index contributed by atoms with van der Waals surface area (Å²) in [7, 11) is 0. The summed E-state index contributed by atoms with van der Waals surface area (Å²) in [5, 5.41) is 4.21. The van der Waals surface area contributed by atoms with E-state index in [0.29, 0.717) is 17.7 Å². The molecule has 0 bridgehead atoms. The van der Waals surface area contributed by atoms with Crippen LogP contribution in [0.3, 0.4) is 0 Å². The van der Waals surface area contributed by atoms with E-state index in [-0.39, 0.29) is 0 Å². The largest absolute Gasteiger partial charge is 0.486 e. The van der Waals surface area contributed by atoms with Crippen LogP contribution in [0, 0.1) is 0 Å². The van der Waals surface area contributed by atoms with Gasteiger partial charge in [0.1, 0.15) is 12.4 Å². The van der Waals surface area contributed by atoms with Gasteiger partial charge in [-0.1, -0.05) is 30.7 Å². The Balaban J connectivity index is 1.67. The molecule has 4 heteroatoms. The SMILES string of the molecule is CCc1ccc(COc2c(Cl)cccc2CNC2CC2)s1. The van der Waals surface area contributed by atoms with Crippen LogP contribution < -0.4 is 10.1 Å². The zero-order valence-corrected chi connectivity index (χ0v) is 13.8. The Labute approximate surface area is 135 Å². The first kappa shape index (κ1) is 14.9. The number of halogens is 1. The van der Waals surface area contributed by atoms with Crippen molar-refractivity contribution in [2.75, 3.05) is 0 Å². The Hall–Kier alpha value is -1.03. The highest BCUT2D eigenvalue weighted by Gasteiger charge is 2.21. The number of thiophene rings is 1. The number of ether oxygens (including phenoxy) is 1. The molecule has 1 N–H and O–H groups in total. The third kappa shape index (κ3) is 4.00. The van der Waals surface area contributed by atoms with Gasteiger partial charge in [0.15, 0.2) is 0 Å². The summed E-state index contributed by atoms with van der Waals surface area (Å²) in [4.78, 5) is 2.64. The lowest BCUT2D eigenvalue weighted by Crippen LogP contribution is -2.16. The molecule has 1 aliphatic carbocycles. The molecule has 112 valence electrons. The second-order valence-corrected chi connectivity index (χ2v) is 7.05. The third-order valence-electron chi connectivity index (χ3n) is 3.63. The van der Waals surface area contributed by atoms with Gasteiger partial charge in [0.25, 0.3) is 0 Å². The van der Waals surface area contributed by atoms with Crippen LogP contribution in [-0.2, 0) is 19.6 Å². The number of benzene rings is 1. The predicted molar refractivity (Wildman–Crippen MR) is 89.3 cm³/mol. The monoisotopic (exact) mass is 321 g/mol. The highest BCUT2D eigenvalue weighted by Crippen LogP contribution is 2.31. The summed E-state index contributed by atoms with van der Waals surface area (Å²) in [6, 6.07) is 11.0. The van der Waals surface area contributed by atoms with E-state index in [1.54, 1.807) is 0 Å². The lowest BCUT2D eigenvalue weighted by Gasteiger charge is -2.13. The van der Waals surface area contributed by atoms with Crippen molar-refractivity contribution in [3.05, 3.63) is 50.7 Å². The van der Waals surface area contributed by atoms with Crippen molar-refractivity contribution < 1.29 is 4.74 Å². The second-order valence-electron chi connectivity index (χ2n) is 5.39. The maximum Gasteiger partial charge on any atom is 0.142 e. The molecule has 1 aromatic carbocycles. The summed E-state index contributed by atoms with van der Waals surface area (Å²) in [6.07, 6.45) is 3.64. The van der Waals surface area contributed by atoms with Gasteiger partial charge in [-0.3, -0.25) is 0 Å². The van der Waals surface area contributed by atoms with Crippen molar-refractivity contribution in [1.82, 2.24) is 5.32 Å². The normalized spacial score (nSPS) is 14.4. The average molecular weight is 322 g/mol. The van der Waals surface area contributed by atoms with E-state index in [0.717, 1.165) is 24.3 Å². The van der Waals surface area contributed by atoms with Crippen LogP contribution in [0.1, 0.15) is 35.1 Å². The molecule has 0 unspecified atom stereocenters. The van der Waals surface area contributed by atoms with Gasteiger partial charge in [-0.2, -0.15) is 0 Å². The molecule has 3 rings (SSSR count). The Morgan fingerprint density at radius 1 is 1.24 bits per heavy atom. The predicted octanol–water partition coefficient (Wildman–Crippen LogP) is 4.79. The molecule has 1 saturated carbocycles. The van der Waals surface area contributed by atoms with Gasteiger partial charge in [0, 0.05) is 27.9 Å². The molecule has 2 nitrogen and oxygen atoms in total. The minimum atomic E-state index is 0.588. The molecule has 0 saturated heterocycles. The van der Waals surface area contributed by atoms with Crippen LogP contribution >= 0.6 is 22.9 Å². The molecule has 0 spiro atoms. The first-order valence-electron chi connectivity index (χ1n) is 7.47. The fraction of sp³-hybridized carbons (Fsp3) is 0.412. The number of rotatable bonds is 7.